The Labute approximate surface area is 140 Å². The number of aromatic hydroxyl groups is 1. The van der Waals surface area contributed by atoms with Crippen molar-refractivity contribution in [3.8, 4) is 11.8 Å². The minimum absolute atomic E-state index is 0.139. The number of hydrogen-bond acceptors (Lipinski definition) is 5. The van der Waals surface area contributed by atoms with Crippen LogP contribution >= 0.6 is 11.3 Å². The Kier molecular flexibility index (Phi) is 4.64. The first-order valence-corrected chi connectivity index (χ1v) is 9.26. The molecule has 0 spiro atoms. The van der Waals surface area contributed by atoms with Gasteiger partial charge in [-0.15, -0.1) is 11.3 Å². The van der Waals surface area contributed by atoms with E-state index < -0.39 is 9.84 Å². The molecule has 0 aliphatic rings. The van der Waals surface area contributed by atoms with E-state index in [1.807, 2.05) is 20.8 Å². The van der Waals surface area contributed by atoms with Crippen LogP contribution in [0.1, 0.15) is 31.9 Å². The lowest BCUT2D eigenvalue weighted by molar-refractivity contribution is 0.446. The van der Waals surface area contributed by atoms with Gasteiger partial charge in [-0.2, -0.15) is 5.26 Å². The smallest absolute Gasteiger partial charge is 0.226 e. The van der Waals surface area contributed by atoms with E-state index in [1.54, 1.807) is 29.6 Å². The maximum absolute atomic E-state index is 12.4. The highest BCUT2D eigenvalue weighted by Crippen LogP contribution is 2.32. The van der Waals surface area contributed by atoms with Crippen LogP contribution in [0.25, 0.3) is 6.08 Å². The normalized spacial score (nSPS) is 12.9. The average Bonchev–Trinajstić information content (AvgIpc) is 2.99. The predicted molar refractivity (Wildman–Crippen MR) is 91.9 cm³/mol. The number of phenols is 1. The molecule has 1 aromatic heterocycles. The maximum Gasteiger partial charge on any atom is 0.226 e. The number of nitriles is 1. The Morgan fingerprint density at radius 2 is 2.00 bits per heavy atom. The lowest BCUT2D eigenvalue weighted by atomic mass is 9.85. The van der Waals surface area contributed by atoms with E-state index in [9.17, 15) is 18.8 Å². The van der Waals surface area contributed by atoms with Crippen molar-refractivity contribution in [3.63, 3.8) is 0 Å². The summed E-state index contributed by atoms with van der Waals surface area (Å²) in [5.74, 6) is 0.147. The van der Waals surface area contributed by atoms with E-state index >= 15 is 0 Å². The molecule has 2 aromatic rings. The highest BCUT2D eigenvalue weighted by Gasteiger charge is 2.23. The van der Waals surface area contributed by atoms with Crippen molar-refractivity contribution in [2.75, 3.05) is 0 Å². The highest BCUT2D eigenvalue weighted by molar-refractivity contribution is 7.97. The van der Waals surface area contributed by atoms with Crippen molar-refractivity contribution in [3.05, 3.63) is 51.7 Å². The van der Waals surface area contributed by atoms with E-state index in [-0.39, 0.29) is 20.3 Å². The molecule has 23 heavy (non-hydrogen) atoms. The van der Waals surface area contributed by atoms with Gasteiger partial charge in [-0.1, -0.05) is 32.9 Å². The Morgan fingerprint density at radius 1 is 1.30 bits per heavy atom. The van der Waals surface area contributed by atoms with Crippen molar-refractivity contribution in [2.45, 2.75) is 30.4 Å². The molecule has 0 aliphatic carbocycles. The zero-order valence-corrected chi connectivity index (χ0v) is 14.7. The Morgan fingerprint density at radius 3 is 2.52 bits per heavy atom. The van der Waals surface area contributed by atoms with Gasteiger partial charge in [-0.3, -0.25) is 0 Å². The van der Waals surface area contributed by atoms with Crippen molar-refractivity contribution in [1.82, 2.24) is 0 Å². The molecule has 120 valence electrons. The SMILES string of the molecule is CC(C)(C)c1cc(/C=C(/C#N)S(=O)(=O)c2cccs2)ccc1O. The van der Waals surface area contributed by atoms with Crippen LogP contribution in [-0.4, -0.2) is 13.5 Å². The standard InChI is InChI=1S/C17H17NO3S2/c1-17(2,3)14-10-12(6-7-15(14)19)9-13(11-18)23(20,21)16-5-4-8-22-16/h4-10,19H,1-3H3/b13-9-. The zero-order valence-electron chi connectivity index (χ0n) is 13.1. The molecule has 0 saturated heterocycles. The van der Waals surface area contributed by atoms with Crippen LogP contribution in [0.5, 0.6) is 5.75 Å². The molecule has 6 heteroatoms. The largest absolute Gasteiger partial charge is 0.508 e. The maximum atomic E-state index is 12.4. The number of phenolic OH excluding ortho intramolecular Hbond substituents is 1. The van der Waals surface area contributed by atoms with E-state index in [1.165, 1.54) is 18.2 Å². The lowest BCUT2D eigenvalue weighted by Crippen LogP contribution is -2.11. The summed E-state index contributed by atoms with van der Waals surface area (Å²) in [6.45, 7) is 5.84. The molecule has 0 radical (unpaired) electrons. The minimum Gasteiger partial charge on any atom is -0.508 e. The van der Waals surface area contributed by atoms with Gasteiger partial charge in [-0.05, 0) is 46.2 Å². The summed E-state index contributed by atoms with van der Waals surface area (Å²) in [5, 5.41) is 20.9. The Hall–Kier alpha value is -2.10. The number of thiophene rings is 1. The van der Waals surface area contributed by atoms with Gasteiger partial charge in [0.1, 0.15) is 16.0 Å². The van der Waals surface area contributed by atoms with Crippen molar-refractivity contribution >= 4 is 27.3 Å². The number of rotatable bonds is 3. The summed E-state index contributed by atoms with van der Waals surface area (Å²) >= 11 is 1.07. The predicted octanol–water partition coefficient (Wildman–Crippen LogP) is 4.09. The van der Waals surface area contributed by atoms with Gasteiger partial charge in [0.2, 0.25) is 9.84 Å². The third kappa shape index (κ3) is 3.63. The number of benzene rings is 1. The Bertz CT molecular complexity index is 881. The second-order valence-electron chi connectivity index (χ2n) is 6.08. The molecule has 1 heterocycles. The summed E-state index contributed by atoms with van der Waals surface area (Å²) in [7, 11) is -3.81. The molecule has 0 unspecified atom stereocenters. The molecule has 1 N–H and O–H groups in total. The molecule has 0 saturated carbocycles. The molecule has 0 atom stereocenters. The summed E-state index contributed by atoms with van der Waals surface area (Å²) in [6, 6.07) is 9.68. The highest BCUT2D eigenvalue weighted by atomic mass is 32.2. The summed E-state index contributed by atoms with van der Waals surface area (Å²) in [4.78, 5) is -0.314. The average molecular weight is 347 g/mol. The van der Waals surface area contributed by atoms with E-state index in [4.69, 9.17) is 0 Å². The molecular formula is C17H17NO3S2. The summed E-state index contributed by atoms with van der Waals surface area (Å²) in [6.07, 6.45) is 1.34. The number of nitrogens with zero attached hydrogens (tertiary/aromatic N) is 1. The van der Waals surface area contributed by atoms with E-state index in [2.05, 4.69) is 0 Å². The molecule has 0 amide bonds. The van der Waals surface area contributed by atoms with Crippen molar-refractivity contribution < 1.29 is 13.5 Å². The zero-order chi connectivity index (χ0) is 17.3. The molecule has 0 aliphatic heterocycles. The second kappa shape index (κ2) is 6.19. The van der Waals surface area contributed by atoms with Crippen LogP contribution in [0.4, 0.5) is 0 Å². The molecular weight excluding hydrogens is 330 g/mol. The van der Waals surface area contributed by atoms with Gasteiger partial charge < -0.3 is 5.11 Å². The van der Waals surface area contributed by atoms with Gasteiger partial charge in [0, 0.05) is 0 Å². The summed E-state index contributed by atoms with van der Waals surface area (Å²) < 4.78 is 25.0. The van der Waals surface area contributed by atoms with Crippen LogP contribution in [0.15, 0.2) is 44.8 Å². The minimum atomic E-state index is -3.81. The fourth-order valence-electron chi connectivity index (χ4n) is 2.09. The van der Waals surface area contributed by atoms with Crippen molar-refractivity contribution in [1.29, 1.82) is 5.26 Å². The first-order valence-electron chi connectivity index (χ1n) is 6.90. The lowest BCUT2D eigenvalue weighted by Gasteiger charge is -2.20. The van der Waals surface area contributed by atoms with Crippen molar-refractivity contribution in [2.24, 2.45) is 0 Å². The number of sulfone groups is 1. The van der Waals surface area contributed by atoms with Gasteiger partial charge in [0.05, 0.1) is 0 Å². The molecule has 4 nitrogen and oxygen atoms in total. The quantitative estimate of drug-likeness (QED) is 0.848. The van der Waals surface area contributed by atoms with Crippen LogP contribution in [0, 0.1) is 11.3 Å². The van der Waals surface area contributed by atoms with Crippen LogP contribution < -0.4 is 0 Å². The van der Waals surface area contributed by atoms with Gasteiger partial charge in [0.15, 0.2) is 4.91 Å². The van der Waals surface area contributed by atoms with Gasteiger partial charge >= 0.3 is 0 Å². The summed E-state index contributed by atoms with van der Waals surface area (Å²) in [5.41, 5.74) is 0.953. The van der Waals surface area contributed by atoms with Crippen LogP contribution in [0.3, 0.4) is 0 Å². The first-order chi connectivity index (χ1) is 10.7. The Balaban J connectivity index is 2.55. The molecule has 2 rings (SSSR count). The monoisotopic (exact) mass is 347 g/mol. The number of hydrogen-bond donors (Lipinski definition) is 1. The fourth-order valence-corrected chi connectivity index (χ4v) is 4.37. The third-order valence-electron chi connectivity index (χ3n) is 3.29. The molecule has 0 bridgehead atoms. The molecule has 0 fully saturated rings. The first kappa shape index (κ1) is 17.3. The van der Waals surface area contributed by atoms with Gasteiger partial charge in [-0.25, -0.2) is 8.42 Å². The van der Waals surface area contributed by atoms with Crippen LogP contribution in [0.2, 0.25) is 0 Å². The third-order valence-corrected chi connectivity index (χ3v) is 6.35. The fraction of sp³-hybridized carbons (Fsp3) is 0.235. The number of allylic oxidation sites excluding steroid dienone is 1. The van der Waals surface area contributed by atoms with Crippen LogP contribution in [-0.2, 0) is 15.3 Å². The van der Waals surface area contributed by atoms with E-state index in [0.29, 0.717) is 11.1 Å². The second-order valence-corrected chi connectivity index (χ2v) is 9.18. The van der Waals surface area contributed by atoms with Gasteiger partial charge in [0.25, 0.3) is 0 Å². The topological polar surface area (TPSA) is 78.2 Å². The van der Waals surface area contributed by atoms with E-state index in [0.717, 1.165) is 11.3 Å². The molecule has 1 aromatic carbocycles.